The molecule has 0 saturated heterocycles. The molecule has 57 valence electrons. The third kappa shape index (κ3) is 2.04. The topological polar surface area (TPSA) is 35.7 Å². The molecule has 0 amide bonds. The lowest BCUT2D eigenvalue weighted by atomic mass is 10.1. The Morgan fingerprint density at radius 1 is 1.64 bits per heavy atom. The highest BCUT2D eigenvalue weighted by molar-refractivity contribution is 6.03. The smallest absolute Gasteiger partial charge is 0.242 e. The van der Waals surface area contributed by atoms with Gasteiger partial charge in [0, 0.05) is 17.7 Å². The van der Waals surface area contributed by atoms with Gasteiger partial charge in [0.2, 0.25) is 12.4 Å². The highest BCUT2D eigenvalue weighted by Gasteiger charge is 2.03. The first-order valence-corrected chi connectivity index (χ1v) is 3.32. The molecular formula is C8H10N2O+. The fourth-order valence-electron chi connectivity index (χ4n) is 0.783. The summed E-state index contributed by atoms with van der Waals surface area (Å²) in [6, 6.07) is 0. The Bertz CT molecular complexity index is 249. The Morgan fingerprint density at radius 2 is 2.45 bits per heavy atom. The van der Waals surface area contributed by atoms with Crippen LogP contribution in [-0.4, -0.2) is 19.0 Å². The molecule has 1 aliphatic rings. The average molecular weight is 150 g/mol. The van der Waals surface area contributed by atoms with E-state index >= 15 is 0 Å². The summed E-state index contributed by atoms with van der Waals surface area (Å²) in [6.45, 7) is 1.89. The lowest BCUT2D eigenvalue weighted by Gasteiger charge is -1.96. The highest BCUT2D eigenvalue weighted by Crippen LogP contribution is 2.01. The first-order valence-electron chi connectivity index (χ1n) is 3.32. The van der Waals surface area contributed by atoms with E-state index < -0.39 is 0 Å². The van der Waals surface area contributed by atoms with Gasteiger partial charge in [-0.1, -0.05) is 5.16 Å². The van der Waals surface area contributed by atoms with Gasteiger partial charge < -0.3 is 4.84 Å². The lowest BCUT2D eigenvalue weighted by Crippen LogP contribution is -2.00. The summed E-state index contributed by atoms with van der Waals surface area (Å²) < 4.78 is 0. The molecule has 11 heavy (non-hydrogen) atoms. The Balaban J connectivity index is 2.76. The maximum Gasteiger partial charge on any atom is 0.242 e. The number of oxime groups is 1. The van der Waals surface area contributed by atoms with E-state index in [1.807, 2.05) is 19.1 Å². The minimum Gasteiger partial charge on any atom is -0.399 e. The Labute approximate surface area is 65.8 Å². The minimum absolute atomic E-state index is 0.856. The van der Waals surface area contributed by atoms with Crippen LogP contribution >= 0.6 is 0 Å². The normalized spacial score (nSPS) is 16.5. The molecule has 0 fully saturated rings. The van der Waals surface area contributed by atoms with Crippen LogP contribution in [0.3, 0.4) is 0 Å². The third-order valence-corrected chi connectivity index (χ3v) is 1.33. The van der Waals surface area contributed by atoms with Crippen molar-refractivity contribution in [1.29, 1.82) is 0 Å². The third-order valence-electron chi connectivity index (χ3n) is 1.33. The van der Waals surface area contributed by atoms with Crippen LogP contribution in [0.25, 0.3) is 0 Å². The first-order chi connectivity index (χ1) is 5.34. The largest absolute Gasteiger partial charge is 0.399 e. The van der Waals surface area contributed by atoms with Crippen molar-refractivity contribution in [1.82, 2.24) is 4.99 Å². The molecule has 0 atom stereocenters. The second kappa shape index (κ2) is 3.71. The van der Waals surface area contributed by atoms with E-state index in [9.17, 15) is 0 Å². The van der Waals surface area contributed by atoms with Gasteiger partial charge in [-0.15, -0.1) is 0 Å². The zero-order valence-corrected chi connectivity index (χ0v) is 6.61. The average Bonchev–Trinajstić information content (AvgIpc) is 2.07. The molecule has 1 radical (unpaired) electrons. The van der Waals surface area contributed by atoms with Crippen molar-refractivity contribution in [2.75, 3.05) is 7.11 Å². The SMILES string of the molecule is CON=C(C)C1=CC=[N+]C=C1. The molecule has 1 aliphatic heterocycles. The summed E-state index contributed by atoms with van der Waals surface area (Å²) in [5.41, 5.74) is 1.89. The molecule has 0 bridgehead atoms. The van der Waals surface area contributed by atoms with E-state index in [0.717, 1.165) is 11.3 Å². The van der Waals surface area contributed by atoms with Gasteiger partial charge in [-0.3, -0.25) is 0 Å². The molecule has 0 aromatic carbocycles. The van der Waals surface area contributed by atoms with Gasteiger partial charge in [0.05, 0.1) is 10.7 Å². The Morgan fingerprint density at radius 3 is 3.00 bits per heavy atom. The molecule has 1 heterocycles. The first kappa shape index (κ1) is 7.72. The van der Waals surface area contributed by atoms with E-state index in [1.165, 1.54) is 7.11 Å². The summed E-state index contributed by atoms with van der Waals surface area (Å²) in [5.74, 6) is 0. The van der Waals surface area contributed by atoms with Gasteiger partial charge >= 0.3 is 0 Å². The lowest BCUT2D eigenvalue weighted by molar-refractivity contribution is 0.213. The quantitative estimate of drug-likeness (QED) is 0.425. The molecule has 3 heteroatoms. The van der Waals surface area contributed by atoms with Crippen molar-refractivity contribution in [2.24, 2.45) is 5.16 Å². The van der Waals surface area contributed by atoms with Gasteiger partial charge in [-0.2, -0.15) is 0 Å². The summed E-state index contributed by atoms with van der Waals surface area (Å²) in [4.78, 5) is 8.52. The number of aliphatic imine (C=N–C) groups is 1. The summed E-state index contributed by atoms with van der Waals surface area (Å²) >= 11 is 0. The van der Waals surface area contributed by atoms with Crippen LogP contribution in [0.15, 0.2) is 29.1 Å². The second-order valence-electron chi connectivity index (χ2n) is 2.10. The Kier molecular flexibility index (Phi) is 2.60. The predicted molar refractivity (Wildman–Crippen MR) is 45.5 cm³/mol. The molecule has 0 saturated carbocycles. The van der Waals surface area contributed by atoms with Crippen LogP contribution in [0.5, 0.6) is 0 Å². The van der Waals surface area contributed by atoms with Crippen molar-refractivity contribution in [3.63, 3.8) is 0 Å². The van der Waals surface area contributed by atoms with Crippen molar-refractivity contribution < 1.29 is 4.84 Å². The summed E-state index contributed by atoms with van der Waals surface area (Å²) in [7, 11) is 1.53. The van der Waals surface area contributed by atoms with Crippen molar-refractivity contribution in [3.05, 3.63) is 23.9 Å². The molecular weight excluding hydrogens is 140 g/mol. The second-order valence-corrected chi connectivity index (χ2v) is 2.10. The van der Waals surface area contributed by atoms with E-state index in [0.29, 0.717) is 0 Å². The van der Waals surface area contributed by atoms with Crippen molar-refractivity contribution in [2.45, 2.75) is 6.92 Å². The standard InChI is InChI=1S/C8H10N2O/c1-7(10-11-2)8-3-5-9-6-4-8/h3-6H,1-2H3/q+1. The van der Waals surface area contributed by atoms with E-state index in [1.54, 1.807) is 12.4 Å². The molecule has 0 aromatic rings. The molecule has 0 aromatic heterocycles. The van der Waals surface area contributed by atoms with Crippen molar-refractivity contribution >= 4 is 11.9 Å². The van der Waals surface area contributed by atoms with Crippen LogP contribution in [0.2, 0.25) is 0 Å². The van der Waals surface area contributed by atoms with E-state index in [2.05, 4.69) is 15.0 Å². The van der Waals surface area contributed by atoms with E-state index in [-0.39, 0.29) is 0 Å². The monoisotopic (exact) mass is 150 g/mol. The van der Waals surface area contributed by atoms with Gasteiger partial charge in [-0.25, -0.2) is 0 Å². The van der Waals surface area contributed by atoms with Crippen molar-refractivity contribution in [3.8, 4) is 0 Å². The molecule has 3 nitrogen and oxygen atoms in total. The van der Waals surface area contributed by atoms with E-state index in [4.69, 9.17) is 0 Å². The zero-order chi connectivity index (χ0) is 8.10. The molecule has 0 unspecified atom stereocenters. The van der Waals surface area contributed by atoms with Crippen LogP contribution < -0.4 is 4.99 Å². The fourth-order valence-corrected chi connectivity index (χ4v) is 0.783. The summed E-state index contributed by atoms with van der Waals surface area (Å²) in [5, 5.41) is 3.78. The van der Waals surface area contributed by atoms with Gasteiger partial charge in [-0.05, 0) is 6.92 Å². The van der Waals surface area contributed by atoms with Crippen LogP contribution in [0.1, 0.15) is 6.92 Å². The minimum atomic E-state index is 0.856. The van der Waals surface area contributed by atoms with Gasteiger partial charge in [0.1, 0.15) is 7.11 Å². The maximum atomic E-state index is 4.63. The number of hydrogen-bond acceptors (Lipinski definition) is 3. The zero-order valence-electron chi connectivity index (χ0n) is 6.61. The molecule has 1 rings (SSSR count). The molecule has 0 spiro atoms. The number of hydrogen-bond donors (Lipinski definition) is 0. The van der Waals surface area contributed by atoms with Crippen LogP contribution in [-0.2, 0) is 4.84 Å². The van der Waals surface area contributed by atoms with Gasteiger partial charge in [0.25, 0.3) is 0 Å². The number of nitrogens with zero attached hydrogens (tertiary/aromatic N) is 2. The van der Waals surface area contributed by atoms with Crippen LogP contribution in [0.4, 0.5) is 0 Å². The maximum absolute atomic E-state index is 4.63. The van der Waals surface area contributed by atoms with Gasteiger partial charge in [0.15, 0.2) is 0 Å². The number of allylic oxidation sites excluding steroid dienone is 3. The highest BCUT2D eigenvalue weighted by atomic mass is 16.6. The molecule has 0 aliphatic carbocycles. The Hall–Kier alpha value is -1.38. The predicted octanol–water partition coefficient (Wildman–Crippen LogP) is 0.869. The van der Waals surface area contributed by atoms with Crippen LogP contribution in [0, 0.1) is 0 Å². The number of rotatable bonds is 2. The fraction of sp³-hybridized carbons (Fsp3) is 0.250. The summed E-state index contributed by atoms with van der Waals surface area (Å²) in [6.07, 6.45) is 7.23. The molecule has 0 N–H and O–H groups in total.